The fourth-order valence-corrected chi connectivity index (χ4v) is 1.07. The molecule has 2 N–H and O–H groups in total. The first kappa shape index (κ1) is 9.27. The largest absolute Gasteiger partial charge is 0.329 e. The fourth-order valence-electron chi connectivity index (χ4n) is 0.579. The van der Waals surface area contributed by atoms with Crippen molar-refractivity contribution in [2.75, 3.05) is 38.7 Å². The first-order valence-corrected chi connectivity index (χ1v) is 4.58. The van der Waals surface area contributed by atoms with E-state index in [1.165, 1.54) is 5.75 Å². The summed E-state index contributed by atoms with van der Waals surface area (Å²) in [5.74, 6) is 1.20. The van der Waals surface area contributed by atoms with E-state index >= 15 is 0 Å². The van der Waals surface area contributed by atoms with Crippen LogP contribution >= 0.6 is 11.8 Å². The third-order valence-corrected chi connectivity index (χ3v) is 1.78. The van der Waals surface area contributed by atoms with Crippen LogP contribution in [0.1, 0.15) is 0 Å². The van der Waals surface area contributed by atoms with Gasteiger partial charge in [-0.25, -0.2) is 0 Å². The van der Waals surface area contributed by atoms with E-state index in [1.807, 2.05) is 11.8 Å². The van der Waals surface area contributed by atoms with Crippen LogP contribution in [0.2, 0.25) is 0 Å². The zero-order chi connectivity index (χ0) is 7.11. The first-order chi connectivity index (χ1) is 4.31. The van der Waals surface area contributed by atoms with E-state index in [4.69, 9.17) is 5.73 Å². The van der Waals surface area contributed by atoms with E-state index in [0.717, 1.165) is 19.6 Å². The van der Waals surface area contributed by atoms with Crippen molar-refractivity contribution in [3.8, 4) is 0 Å². The summed E-state index contributed by atoms with van der Waals surface area (Å²) in [6.07, 6.45) is 2.12. The average molecular weight is 148 g/mol. The zero-order valence-electron chi connectivity index (χ0n) is 6.26. The Balaban J connectivity index is 2.95. The van der Waals surface area contributed by atoms with Gasteiger partial charge in [0.25, 0.3) is 0 Å². The predicted octanol–water partition coefficient (Wildman–Crippen LogP) is 0.240. The molecule has 0 unspecified atom stereocenters. The molecule has 0 aromatic rings. The summed E-state index contributed by atoms with van der Waals surface area (Å²) < 4.78 is 0. The van der Waals surface area contributed by atoms with Gasteiger partial charge < -0.3 is 10.6 Å². The Labute approximate surface area is 61.8 Å². The normalized spacial score (nSPS) is 10.7. The van der Waals surface area contributed by atoms with Gasteiger partial charge in [0, 0.05) is 25.4 Å². The van der Waals surface area contributed by atoms with Gasteiger partial charge in [0.1, 0.15) is 0 Å². The molecule has 0 heterocycles. The lowest BCUT2D eigenvalue weighted by Gasteiger charge is -2.13. The Morgan fingerprint density at radius 1 is 1.44 bits per heavy atom. The molecule has 0 saturated carbocycles. The maximum atomic E-state index is 5.35. The Morgan fingerprint density at radius 2 is 2.11 bits per heavy atom. The lowest BCUT2D eigenvalue weighted by atomic mass is 10.5. The monoisotopic (exact) mass is 148 g/mol. The molecule has 3 heteroatoms. The lowest BCUT2D eigenvalue weighted by Crippen LogP contribution is -2.27. The molecule has 0 aromatic carbocycles. The number of hydrogen-bond acceptors (Lipinski definition) is 3. The zero-order valence-corrected chi connectivity index (χ0v) is 7.08. The molecule has 0 spiro atoms. The van der Waals surface area contributed by atoms with E-state index in [2.05, 4.69) is 18.2 Å². The molecule has 0 saturated heterocycles. The number of rotatable bonds is 5. The summed E-state index contributed by atoms with van der Waals surface area (Å²) in [5.41, 5.74) is 5.35. The molecule has 0 aliphatic carbocycles. The number of nitrogens with two attached hydrogens (primary N) is 1. The number of likely N-dealkylation sites (N-methyl/N-ethyl adjacent to an activating group) is 1. The molecule has 0 aliphatic rings. The van der Waals surface area contributed by atoms with Crippen molar-refractivity contribution >= 4 is 11.8 Å². The number of nitrogens with zero attached hydrogens (tertiary/aromatic N) is 1. The van der Waals surface area contributed by atoms with E-state index < -0.39 is 0 Å². The molecule has 2 nitrogen and oxygen atoms in total. The van der Waals surface area contributed by atoms with Crippen molar-refractivity contribution in [2.45, 2.75) is 0 Å². The van der Waals surface area contributed by atoms with Crippen LogP contribution in [-0.4, -0.2) is 43.6 Å². The van der Waals surface area contributed by atoms with E-state index in [1.54, 1.807) is 0 Å². The van der Waals surface area contributed by atoms with Crippen LogP contribution in [0.4, 0.5) is 0 Å². The fraction of sp³-hybridized carbons (Fsp3) is 1.00. The van der Waals surface area contributed by atoms with Gasteiger partial charge in [-0.15, -0.1) is 0 Å². The van der Waals surface area contributed by atoms with Gasteiger partial charge in [-0.1, -0.05) is 0 Å². The SMILES string of the molecule is CSCCN(C)CCN. The third-order valence-electron chi connectivity index (χ3n) is 1.19. The molecule has 0 amide bonds. The van der Waals surface area contributed by atoms with Crippen LogP contribution in [0.3, 0.4) is 0 Å². The molecule has 56 valence electrons. The van der Waals surface area contributed by atoms with Gasteiger partial charge in [-0.05, 0) is 13.3 Å². The minimum Gasteiger partial charge on any atom is -0.329 e. The molecule has 0 atom stereocenters. The van der Waals surface area contributed by atoms with Gasteiger partial charge in [-0.2, -0.15) is 11.8 Å². The summed E-state index contributed by atoms with van der Waals surface area (Å²) in [6, 6.07) is 0. The molecule has 0 fully saturated rings. The second-order valence-electron chi connectivity index (χ2n) is 2.08. The summed E-state index contributed by atoms with van der Waals surface area (Å²) >= 11 is 1.87. The molecule has 0 bridgehead atoms. The molecule has 0 rings (SSSR count). The van der Waals surface area contributed by atoms with Gasteiger partial charge in [0.2, 0.25) is 0 Å². The smallest absolute Gasteiger partial charge is 0.0102 e. The van der Waals surface area contributed by atoms with Gasteiger partial charge >= 0.3 is 0 Å². The van der Waals surface area contributed by atoms with Crippen LogP contribution in [0, 0.1) is 0 Å². The van der Waals surface area contributed by atoms with E-state index in [0.29, 0.717) is 0 Å². The van der Waals surface area contributed by atoms with Gasteiger partial charge in [0.05, 0.1) is 0 Å². The minimum atomic E-state index is 0.769. The summed E-state index contributed by atoms with van der Waals surface area (Å²) in [5, 5.41) is 0. The van der Waals surface area contributed by atoms with Crippen molar-refractivity contribution in [1.29, 1.82) is 0 Å². The quantitative estimate of drug-likeness (QED) is 0.605. The topological polar surface area (TPSA) is 29.3 Å². The average Bonchev–Trinajstić information content (AvgIpc) is 1.85. The molecule has 0 radical (unpaired) electrons. The first-order valence-electron chi connectivity index (χ1n) is 3.18. The van der Waals surface area contributed by atoms with Crippen molar-refractivity contribution in [3.63, 3.8) is 0 Å². The van der Waals surface area contributed by atoms with Gasteiger partial charge in [0.15, 0.2) is 0 Å². The van der Waals surface area contributed by atoms with Crippen LogP contribution in [0.5, 0.6) is 0 Å². The highest BCUT2D eigenvalue weighted by molar-refractivity contribution is 7.98. The van der Waals surface area contributed by atoms with E-state index in [-0.39, 0.29) is 0 Å². The maximum Gasteiger partial charge on any atom is 0.0102 e. The Kier molecular flexibility index (Phi) is 6.58. The summed E-state index contributed by atoms with van der Waals surface area (Å²) in [7, 11) is 2.10. The van der Waals surface area contributed by atoms with Crippen LogP contribution in [-0.2, 0) is 0 Å². The van der Waals surface area contributed by atoms with Crippen LogP contribution in [0.25, 0.3) is 0 Å². The lowest BCUT2D eigenvalue weighted by molar-refractivity contribution is 0.366. The van der Waals surface area contributed by atoms with Crippen molar-refractivity contribution in [2.24, 2.45) is 5.73 Å². The highest BCUT2D eigenvalue weighted by atomic mass is 32.2. The summed E-state index contributed by atoms with van der Waals surface area (Å²) in [6.45, 7) is 2.93. The molecule has 0 aliphatic heterocycles. The van der Waals surface area contributed by atoms with Gasteiger partial charge in [-0.3, -0.25) is 0 Å². The van der Waals surface area contributed by atoms with Crippen molar-refractivity contribution in [1.82, 2.24) is 4.90 Å². The third kappa shape index (κ3) is 6.15. The molecule has 0 aromatic heterocycles. The standard InChI is InChI=1S/C6H16N2S/c1-8(4-3-7)5-6-9-2/h3-7H2,1-2H3. The highest BCUT2D eigenvalue weighted by Gasteiger charge is 1.92. The number of thioether (sulfide) groups is 1. The number of hydrogen-bond donors (Lipinski definition) is 1. The van der Waals surface area contributed by atoms with Crippen molar-refractivity contribution < 1.29 is 0 Å². The summed E-state index contributed by atoms with van der Waals surface area (Å²) in [4.78, 5) is 2.25. The Bertz CT molecular complexity index is 59.0. The van der Waals surface area contributed by atoms with Crippen LogP contribution < -0.4 is 5.73 Å². The molecular weight excluding hydrogens is 132 g/mol. The molecule has 9 heavy (non-hydrogen) atoms. The predicted molar refractivity (Wildman–Crippen MR) is 44.9 cm³/mol. The molecular formula is C6H16N2S. The second kappa shape index (κ2) is 6.39. The van der Waals surface area contributed by atoms with E-state index in [9.17, 15) is 0 Å². The Hall–Kier alpha value is 0.270. The second-order valence-corrected chi connectivity index (χ2v) is 3.07. The maximum absolute atomic E-state index is 5.35. The van der Waals surface area contributed by atoms with Crippen LogP contribution in [0.15, 0.2) is 0 Å². The highest BCUT2D eigenvalue weighted by Crippen LogP contribution is 1.91. The Morgan fingerprint density at radius 3 is 2.56 bits per heavy atom. The minimum absolute atomic E-state index is 0.769. The van der Waals surface area contributed by atoms with Crippen molar-refractivity contribution in [3.05, 3.63) is 0 Å².